The molecular weight excluding hydrogens is 230 g/mol. The number of sulfone groups is 1. The largest absolute Gasteiger partial charge is 0.269 e. The summed E-state index contributed by atoms with van der Waals surface area (Å²) in [4.78, 5) is 10.00. The molecule has 0 radical (unpaired) electrons. The van der Waals surface area contributed by atoms with Gasteiger partial charge in [0.15, 0.2) is 9.84 Å². The standard InChI is InChI=1S/C10H13NO4S/c1-3-16(14,15)7-9-4-5-10(11(12)13)6-8(9)2/h4-6H,3,7H2,1-2H3. The number of nitro groups is 1. The van der Waals surface area contributed by atoms with E-state index in [0.717, 1.165) is 0 Å². The fraction of sp³-hybridized carbons (Fsp3) is 0.400. The molecule has 0 N–H and O–H groups in total. The van der Waals surface area contributed by atoms with E-state index in [2.05, 4.69) is 0 Å². The van der Waals surface area contributed by atoms with E-state index >= 15 is 0 Å². The molecule has 0 unspecified atom stereocenters. The number of hydrogen-bond donors (Lipinski definition) is 0. The van der Waals surface area contributed by atoms with Gasteiger partial charge in [0, 0.05) is 17.9 Å². The highest BCUT2D eigenvalue weighted by molar-refractivity contribution is 7.90. The highest BCUT2D eigenvalue weighted by Crippen LogP contribution is 2.19. The highest BCUT2D eigenvalue weighted by Gasteiger charge is 2.13. The maximum absolute atomic E-state index is 11.4. The number of benzene rings is 1. The molecule has 0 saturated carbocycles. The summed E-state index contributed by atoms with van der Waals surface area (Å²) in [6.45, 7) is 3.25. The van der Waals surface area contributed by atoms with Crippen molar-refractivity contribution in [1.82, 2.24) is 0 Å². The fourth-order valence-electron chi connectivity index (χ4n) is 1.29. The lowest BCUT2D eigenvalue weighted by Crippen LogP contribution is -2.07. The Morgan fingerprint density at radius 1 is 1.38 bits per heavy atom. The van der Waals surface area contributed by atoms with E-state index in [9.17, 15) is 18.5 Å². The molecule has 0 aromatic heterocycles. The first-order valence-corrected chi connectivity index (χ1v) is 6.62. The Morgan fingerprint density at radius 3 is 2.44 bits per heavy atom. The number of nitrogens with zero attached hydrogens (tertiary/aromatic N) is 1. The molecule has 5 nitrogen and oxygen atoms in total. The Balaban J connectivity index is 3.05. The molecule has 6 heteroatoms. The zero-order valence-corrected chi connectivity index (χ0v) is 9.95. The maximum atomic E-state index is 11.4. The normalized spacial score (nSPS) is 11.4. The van der Waals surface area contributed by atoms with E-state index in [1.165, 1.54) is 18.2 Å². The van der Waals surface area contributed by atoms with Gasteiger partial charge in [0.05, 0.1) is 10.7 Å². The molecule has 16 heavy (non-hydrogen) atoms. The van der Waals surface area contributed by atoms with Crippen LogP contribution in [0.1, 0.15) is 18.1 Å². The van der Waals surface area contributed by atoms with E-state index in [1.807, 2.05) is 0 Å². The van der Waals surface area contributed by atoms with Crippen LogP contribution in [0.5, 0.6) is 0 Å². The van der Waals surface area contributed by atoms with Crippen LogP contribution in [-0.2, 0) is 15.6 Å². The van der Waals surface area contributed by atoms with Gasteiger partial charge in [0.25, 0.3) is 5.69 Å². The van der Waals surface area contributed by atoms with Crippen molar-refractivity contribution in [2.45, 2.75) is 19.6 Å². The molecule has 0 amide bonds. The summed E-state index contributed by atoms with van der Waals surface area (Å²) < 4.78 is 22.8. The van der Waals surface area contributed by atoms with Gasteiger partial charge in [0.1, 0.15) is 0 Å². The van der Waals surface area contributed by atoms with Crippen molar-refractivity contribution in [3.05, 3.63) is 39.4 Å². The van der Waals surface area contributed by atoms with Gasteiger partial charge >= 0.3 is 0 Å². The lowest BCUT2D eigenvalue weighted by molar-refractivity contribution is -0.384. The molecular formula is C10H13NO4S. The average Bonchev–Trinajstić information content (AvgIpc) is 2.20. The predicted molar refractivity (Wildman–Crippen MR) is 61.0 cm³/mol. The topological polar surface area (TPSA) is 77.3 Å². The number of non-ortho nitro benzene ring substituents is 1. The Kier molecular flexibility index (Phi) is 3.64. The molecule has 0 bridgehead atoms. The van der Waals surface area contributed by atoms with E-state index in [0.29, 0.717) is 11.1 Å². The molecule has 88 valence electrons. The van der Waals surface area contributed by atoms with Gasteiger partial charge in [-0.15, -0.1) is 0 Å². The summed E-state index contributed by atoms with van der Waals surface area (Å²) in [6, 6.07) is 4.22. The smallest absolute Gasteiger partial charge is 0.258 e. The van der Waals surface area contributed by atoms with E-state index in [1.54, 1.807) is 13.8 Å². The lowest BCUT2D eigenvalue weighted by atomic mass is 10.1. The molecule has 0 aliphatic carbocycles. The third-order valence-electron chi connectivity index (χ3n) is 2.35. The van der Waals surface area contributed by atoms with Gasteiger partial charge in [-0.3, -0.25) is 10.1 Å². The number of rotatable bonds is 4. The molecule has 0 atom stereocenters. The van der Waals surface area contributed by atoms with Gasteiger partial charge < -0.3 is 0 Å². The van der Waals surface area contributed by atoms with Gasteiger partial charge in [-0.25, -0.2) is 8.42 Å². The lowest BCUT2D eigenvalue weighted by Gasteiger charge is -2.05. The van der Waals surface area contributed by atoms with Crippen LogP contribution >= 0.6 is 0 Å². The molecule has 1 aromatic carbocycles. The van der Waals surface area contributed by atoms with Crippen LogP contribution < -0.4 is 0 Å². The van der Waals surface area contributed by atoms with E-state index in [-0.39, 0.29) is 17.2 Å². The summed E-state index contributed by atoms with van der Waals surface area (Å²) in [5.74, 6) is 0.0107. The SMILES string of the molecule is CCS(=O)(=O)Cc1ccc([N+](=O)[O-])cc1C. The van der Waals surface area contributed by atoms with Crippen molar-refractivity contribution >= 4 is 15.5 Å². The van der Waals surface area contributed by atoms with Gasteiger partial charge in [-0.1, -0.05) is 13.0 Å². The minimum absolute atomic E-state index is 0.0184. The van der Waals surface area contributed by atoms with Gasteiger partial charge in [-0.05, 0) is 18.1 Å². The quantitative estimate of drug-likeness (QED) is 0.597. The van der Waals surface area contributed by atoms with E-state index in [4.69, 9.17) is 0 Å². The van der Waals surface area contributed by atoms with Crippen molar-refractivity contribution in [3.63, 3.8) is 0 Å². The van der Waals surface area contributed by atoms with Crippen LogP contribution in [0.2, 0.25) is 0 Å². The Morgan fingerprint density at radius 2 is 2.00 bits per heavy atom. The Labute approximate surface area is 94.2 Å². The van der Waals surface area contributed by atoms with Crippen molar-refractivity contribution in [3.8, 4) is 0 Å². The number of aryl methyl sites for hydroxylation is 1. The molecule has 0 heterocycles. The van der Waals surface area contributed by atoms with Gasteiger partial charge in [-0.2, -0.15) is 0 Å². The minimum atomic E-state index is -3.10. The third kappa shape index (κ3) is 3.03. The average molecular weight is 243 g/mol. The number of nitro benzene ring substituents is 1. The van der Waals surface area contributed by atoms with Crippen LogP contribution in [0.25, 0.3) is 0 Å². The summed E-state index contributed by atoms with van der Waals surface area (Å²) in [5.41, 5.74) is 1.23. The highest BCUT2D eigenvalue weighted by atomic mass is 32.2. The second-order valence-electron chi connectivity index (χ2n) is 3.54. The fourth-order valence-corrected chi connectivity index (χ4v) is 2.30. The molecule has 1 aromatic rings. The molecule has 0 saturated heterocycles. The first-order chi connectivity index (χ1) is 7.35. The molecule has 0 aliphatic rings. The zero-order chi connectivity index (χ0) is 12.3. The summed E-state index contributed by atoms with van der Waals surface area (Å²) >= 11 is 0. The van der Waals surface area contributed by atoms with Crippen LogP contribution in [0, 0.1) is 17.0 Å². The maximum Gasteiger partial charge on any atom is 0.269 e. The summed E-state index contributed by atoms with van der Waals surface area (Å²) in [5, 5.41) is 10.5. The van der Waals surface area contributed by atoms with Crippen molar-refractivity contribution < 1.29 is 13.3 Å². The molecule has 1 rings (SSSR count). The molecule has 0 spiro atoms. The van der Waals surface area contributed by atoms with Crippen molar-refractivity contribution in [1.29, 1.82) is 0 Å². The van der Waals surface area contributed by atoms with Crippen LogP contribution in [-0.4, -0.2) is 19.1 Å². The zero-order valence-electron chi connectivity index (χ0n) is 9.13. The second-order valence-corrected chi connectivity index (χ2v) is 5.90. The summed E-state index contributed by atoms with van der Waals surface area (Å²) in [7, 11) is -3.10. The Hall–Kier alpha value is -1.43. The third-order valence-corrected chi connectivity index (χ3v) is 3.98. The Bertz CT molecular complexity index is 508. The van der Waals surface area contributed by atoms with Gasteiger partial charge in [0.2, 0.25) is 0 Å². The first kappa shape index (κ1) is 12.6. The second kappa shape index (κ2) is 4.61. The van der Waals surface area contributed by atoms with Crippen LogP contribution in [0.3, 0.4) is 0 Å². The monoisotopic (exact) mass is 243 g/mol. The van der Waals surface area contributed by atoms with E-state index < -0.39 is 14.8 Å². The predicted octanol–water partition coefficient (Wildman–Crippen LogP) is 1.84. The summed E-state index contributed by atoms with van der Waals surface area (Å²) in [6.07, 6.45) is 0. The van der Waals surface area contributed by atoms with Crippen molar-refractivity contribution in [2.75, 3.05) is 5.75 Å². The minimum Gasteiger partial charge on any atom is -0.258 e. The number of hydrogen-bond acceptors (Lipinski definition) is 4. The molecule has 0 fully saturated rings. The molecule has 0 aliphatic heterocycles. The first-order valence-electron chi connectivity index (χ1n) is 4.80. The van der Waals surface area contributed by atoms with Crippen LogP contribution in [0.4, 0.5) is 5.69 Å². The van der Waals surface area contributed by atoms with Crippen LogP contribution in [0.15, 0.2) is 18.2 Å². The van der Waals surface area contributed by atoms with Crippen molar-refractivity contribution in [2.24, 2.45) is 0 Å².